The third-order valence-electron chi connectivity index (χ3n) is 3.57. The van der Waals surface area contributed by atoms with Crippen molar-refractivity contribution >= 4 is 28.8 Å². The number of halogens is 1. The summed E-state index contributed by atoms with van der Waals surface area (Å²) in [6.07, 6.45) is 1.89. The Kier molecular flexibility index (Phi) is 3.33. The molecule has 3 heteroatoms. The van der Waals surface area contributed by atoms with Crippen LogP contribution < -0.4 is 0 Å². The summed E-state index contributed by atoms with van der Waals surface area (Å²) in [5, 5.41) is 1.49. The summed E-state index contributed by atoms with van der Waals surface area (Å²) in [6.45, 7) is 2.12. The fourth-order valence-corrected chi connectivity index (χ4v) is 2.61. The van der Waals surface area contributed by atoms with Crippen LogP contribution in [-0.4, -0.2) is 11.3 Å². The lowest BCUT2D eigenvalue weighted by molar-refractivity contribution is 0.112. The molecule has 1 aromatic heterocycles. The van der Waals surface area contributed by atoms with Crippen molar-refractivity contribution < 1.29 is 4.79 Å². The van der Waals surface area contributed by atoms with Crippen LogP contribution in [0, 0.1) is 0 Å². The minimum Gasteiger partial charge on any atom is -0.354 e. The van der Waals surface area contributed by atoms with Crippen LogP contribution in [0.25, 0.3) is 22.2 Å². The van der Waals surface area contributed by atoms with Gasteiger partial charge >= 0.3 is 0 Å². The van der Waals surface area contributed by atoms with E-state index in [-0.39, 0.29) is 0 Å². The highest BCUT2D eigenvalue weighted by Gasteiger charge is 2.12. The molecular formula is C17H14ClNO. The van der Waals surface area contributed by atoms with Crippen molar-refractivity contribution in [2.24, 2.45) is 0 Å². The summed E-state index contributed by atoms with van der Waals surface area (Å²) in [6, 6.07) is 13.8. The van der Waals surface area contributed by atoms with Crippen molar-refractivity contribution in [2.45, 2.75) is 13.3 Å². The molecule has 0 amide bonds. The van der Waals surface area contributed by atoms with E-state index in [1.165, 1.54) is 5.56 Å². The number of H-pyrrole nitrogens is 1. The molecule has 0 atom stereocenters. The highest BCUT2D eigenvalue weighted by Crippen LogP contribution is 2.30. The standard InChI is InChI=1S/C17H14ClNO/c1-2-11-3-5-12(6-4-11)17-15(10-20)14-9-13(18)7-8-16(14)19-17/h3-10,19H,2H2,1H3. The van der Waals surface area contributed by atoms with E-state index in [2.05, 4.69) is 24.0 Å². The highest BCUT2D eigenvalue weighted by atomic mass is 35.5. The maximum atomic E-state index is 11.4. The minimum absolute atomic E-state index is 0.632. The van der Waals surface area contributed by atoms with Gasteiger partial charge in [-0.2, -0.15) is 0 Å². The van der Waals surface area contributed by atoms with Crippen molar-refractivity contribution in [1.29, 1.82) is 0 Å². The van der Waals surface area contributed by atoms with Crippen LogP contribution in [0.3, 0.4) is 0 Å². The number of carbonyl (C=O) groups excluding carboxylic acids is 1. The van der Waals surface area contributed by atoms with E-state index in [9.17, 15) is 4.79 Å². The summed E-state index contributed by atoms with van der Waals surface area (Å²) < 4.78 is 0. The number of carbonyl (C=O) groups is 1. The van der Waals surface area contributed by atoms with Gasteiger partial charge in [-0.3, -0.25) is 4.79 Å². The van der Waals surface area contributed by atoms with Crippen LogP contribution in [-0.2, 0) is 6.42 Å². The van der Waals surface area contributed by atoms with E-state index >= 15 is 0 Å². The second-order valence-corrected chi connectivity index (χ2v) is 5.21. The fraction of sp³-hybridized carbons (Fsp3) is 0.118. The van der Waals surface area contributed by atoms with E-state index < -0.39 is 0 Å². The molecule has 0 aliphatic rings. The van der Waals surface area contributed by atoms with E-state index in [0.29, 0.717) is 10.6 Å². The van der Waals surface area contributed by atoms with E-state index in [1.54, 1.807) is 0 Å². The van der Waals surface area contributed by atoms with Gasteiger partial charge in [0.15, 0.2) is 6.29 Å². The molecule has 0 aliphatic carbocycles. The number of hydrogen-bond acceptors (Lipinski definition) is 1. The third kappa shape index (κ3) is 2.12. The largest absolute Gasteiger partial charge is 0.354 e. The summed E-state index contributed by atoms with van der Waals surface area (Å²) in [4.78, 5) is 14.8. The van der Waals surface area contributed by atoms with Gasteiger partial charge in [0.05, 0.1) is 5.69 Å². The lowest BCUT2D eigenvalue weighted by atomic mass is 10.0. The van der Waals surface area contributed by atoms with Gasteiger partial charge in [0.2, 0.25) is 0 Å². The van der Waals surface area contributed by atoms with Gasteiger partial charge in [0.25, 0.3) is 0 Å². The predicted molar refractivity (Wildman–Crippen MR) is 83.5 cm³/mol. The molecule has 1 N–H and O–H groups in total. The predicted octanol–water partition coefficient (Wildman–Crippen LogP) is 4.86. The fourth-order valence-electron chi connectivity index (χ4n) is 2.44. The Morgan fingerprint density at radius 3 is 2.55 bits per heavy atom. The van der Waals surface area contributed by atoms with Gasteiger partial charge in [-0.25, -0.2) is 0 Å². The molecule has 0 saturated carbocycles. The van der Waals surface area contributed by atoms with Crippen molar-refractivity contribution in [3.05, 3.63) is 58.6 Å². The second-order valence-electron chi connectivity index (χ2n) is 4.77. The zero-order chi connectivity index (χ0) is 14.1. The molecule has 0 saturated heterocycles. The van der Waals surface area contributed by atoms with Gasteiger partial charge < -0.3 is 4.98 Å². The Labute approximate surface area is 122 Å². The molecule has 3 rings (SSSR count). The van der Waals surface area contributed by atoms with Crippen molar-refractivity contribution in [3.8, 4) is 11.3 Å². The lowest BCUT2D eigenvalue weighted by Crippen LogP contribution is -1.86. The van der Waals surface area contributed by atoms with Crippen LogP contribution in [0.4, 0.5) is 0 Å². The first kappa shape index (κ1) is 12.9. The number of aromatic nitrogens is 1. The molecular weight excluding hydrogens is 270 g/mol. The minimum atomic E-state index is 0.632. The molecule has 0 fully saturated rings. The molecule has 0 spiro atoms. The first-order valence-electron chi connectivity index (χ1n) is 6.58. The van der Waals surface area contributed by atoms with Gasteiger partial charge in [0.1, 0.15) is 0 Å². The van der Waals surface area contributed by atoms with E-state index in [0.717, 1.165) is 34.9 Å². The van der Waals surface area contributed by atoms with Gasteiger partial charge in [0, 0.05) is 21.5 Å². The Balaban J connectivity index is 2.21. The third-order valence-corrected chi connectivity index (χ3v) is 3.80. The van der Waals surface area contributed by atoms with Crippen LogP contribution >= 0.6 is 11.6 Å². The molecule has 0 unspecified atom stereocenters. The van der Waals surface area contributed by atoms with E-state index in [4.69, 9.17) is 11.6 Å². The molecule has 100 valence electrons. The van der Waals surface area contributed by atoms with Crippen LogP contribution in [0.5, 0.6) is 0 Å². The number of rotatable bonds is 3. The second kappa shape index (κ2) is 5.14. The monoisotopic (exact) mass is 283 g/mol. The molecule has 20 heavy (non-hydrogen) atoms. The molecule has 1 heterocycles. The molecule has 0 radical (unpaired) electrons. The van der Waals surface area contributed by atoms with E-state index in [1.807, 2.05) is 30.3 Å². The SMILES string of the molecule is CCc1ccc(-c2[nH]c3ccc(Cl)cc3c2C=O)cc1. The van der Waals surface area contributed by atoms with Crippen molar-refractivity contribution in [1.82, 2.24) is 4.98 Å². The molecule has 2 nitrogen and oxygen atoms in total. The number of aldehydes is 1. The smallest absolute Gasteiger partial charge is 0.152 e. The Morgan fingerprint density at radius 2 is 1.90 bits per heavy atom. The zero-order valence-electron chi connectivity index (χ0n) is 11.1. The van der Waals surface area contributed by atoms with Gasteiger partial charge in [-0.05, 0) is 35.7 Å². The first-order valence-corrected chi connectivity index (χ1v) is 6.96. The number of aromatic amines is 1. The number of aryl methyl sites for hydroxylation is 1. The number of nitrogens with one attached hydrogen (secondary N) is 1. The summed E-state index contributed by atoms with van der Waals surface area (Å²) in [7, 11) is 0. The highest BCUT2D eigenvalue weighted by molar-refractivity contribution is 6.31. The average Bonchev–Trinajstić information content (AvgIpc) is 2.85. The Hall–Kier alpha value is -2.06. The van der Waals surface area contributed by atoms with Gasteiger partial charge in [-0.15, -0.1) is 0 Å². The number of fused-ring (bicyclic) bond motifs is 1. The Bertz CT molecular complexity index is 772. The summed E-state index contributed by atoms with van der Waals surface area (Å²) in [5.41, 5.74) is 4.72. The van der Waals surface area contributed by atoms with Crippen LogP contribution in [0.2, 0.25) is 5.02 Å². The molecule has 2 aromatic carbocycles. The maximum Gasteiger partial charge on any atom is 0.152 e. The zero-order valence-corrected chi connectivity index (χ0v) is 11.9. The quantitative estimate of drug-likeness (QED) is 0.684. The van der Waals surface area contributed by atoms with Crippen LogP contribution in [0.15, 0.2) is 42.5 Å². The van der Waals surface area contributed by atoms with Crippen LogP contribution in [0.1, 0.15) is 22.8 Å². The van der Waals surface area contributed by atoms with Crippen molar-refractivity contribution in [3.63, 3.8) is 0 Å². The average molecular weight is 284 g/mol. The van der Waals surface area contributed by atoms with Crippen molar-refractivity contribution in [2.75, 3.05) is 0 Å². The Morgan fingerprint density at radius 1 is 1.15 bits per heavy atom. The molecule has 0 aliphatic heterocycles. The number of hydrogen-bond donors (Lipinski definition) is 1. The molecule has 3 aromatic rings. The lowest BCUT2D eigenvalue weighted by Gasteiger charge is -2.02. The maximum absolute atomic E-state index is 11.4. The normalized spacial score (nSPS) is 10.9. The first-order chi connectivity index (χ1) is 9.72. The summed E-state index contributed by atoms with van der Waals surface area (Å²) >= 11 is 6.01. The molecule has 0 bridgehead atoms. The topological polar surface area (TPSA) is 32.9 Å². The van der Waals surface area contributed by atoms with Gasteiger partial charge in [-0.1, -0.05) is 42.8 Å². The summed E-state index contributed by atoms with van der Waals surface area (Å²) in [5.74, 6) is 0. The number of benzene rings is 2.